The number of nitrogens with zero attached hydrogens (tertiary/aromatic N) is 1. The number of carbonyl (C=O) groups is 2. The van der Waals surface area contributed by atoms with E-state index in [1.807, 2.05) is 6.92 Å². The lowest BCUT2D eigenvalue weighted by molar-refractivity contribution is -0.137. The van der Waals surface area contributed by atoms with E-state index < -0.39 is 5.97 Å². The molecule has 0 saturated carbocycles. The minimum absolute atomic E-state index is 0.0436. The molecular weight excluding hydrogens is 260 g/mol. The zero-order valence-electron chi connectivity index (χ0n) is 12.2. The second-order valence-corrected chi connectivity index (χ2v) is 5.39. The van der Waals surface area contributed by atoms with E-state index in [2.05, 4.69) is 5.32 Å². The van der Waals surface area contributed by atoms with Crippen LogP contribution in [0.5, 0.6) is 0 Å². The summed E-state index contributed by atoms with van der Waals surface area (Å²) in [5.41, 5.74) is 0. The average Bonchev–Trinajstić information content (AvgIpc) is 2.39. The Labute approximate surface area is 120 Å². The molecule has 3 N–H and O–H groups in total. The number of aliphatic carboxylic acids is 1. The lowest BCUT2D eigenvalue weighted by Gasteiger charge is -2.36. The van der Waals surface area contributed by atoms with Gasteiger partial charge in [0, 0.05) is 25.2 Å². The van der Waals surface area contributed by atoms with Crippen molar-refractivity contribution >= 4 is 12.0 Å². The highest BCUT2D eigenvalue weighted by atomic mass is 16.4. The third kappa shape index (κ3) is 5.36. The molecule has 2 unspecified atom stereocenters. The topological polar surface area (TPSA) is 89.9 Å². The molecule has 0 aromatic carbocycles. The molecule has 1 heterocycles. The van der Waals surface area contributed by atoms with Crippen LogP contribution in [0.3, 0.4) is 0 Å². The van der Waals surface area contributed by atoms with Crippen molar-refractivity contribution in [1.82, 2.24) is 10.2 Å². The van der Waals surface area contributed by atoms with Gasteiger partial charge in [0.25, 0.3) is 0 Å². The van der Waals surface area contributed by atoms with E-state index >= 15 is 0 Å². The minimum Gasteiger partial charge on any atom is -0.481 e. The number of aliphatic hydroxyl groups excluding tert-OH is 1. The quantitative estimate of drug-likeness (QED) is 0.662. The minimum atomic E-state index is -0.894. The number of carboxylic acids is 1. The molecule has 0 aromatic rings. The third-order valence-electron chi connectivity index (χ3n) is 3.74. The summed E-state index contributed by atoms with van der Waals surface area (Å²) < 4.78 is 0. The van der Waals surface area contributed by atoms with Crippen LogP contribution in [0.1, 0.15) is 51.9 Å². The first-order chi connectivity index (χ1) is 9.58. The van der Waals surface area contributed by atoms with Crippen molar-refractivity contribution in [3.8, 4) is 0 Å². The smallest absolute Gasteiger partial charge is 0.317 e. The molecule has 6 heteroatoms. The molecule has 116 valence electrons. The predicted molar refractivity (Wildman–Crippen MR) is 75.5 cm³/mol. The number of nitrogens with one attached hydrogen (secondary N) is 1. The molecule has 6 nitrogen and oxygen atoms in total. The molecule has 0 aliphatic carbocycles. The number of carbonyl (C=O) groups excluding carboxylic acids is 1. The highest BCUT2D eigenvalue weighted by Crippen LogP contribution is 2.19. The SMILES string of the molecule is CCCC(CC(=O)O)NC(=O)N1CCCCC1CCO. The summed E-state index contributed by atoms with van der Waals surface area (Å²) >= 11 is 0. The van der Waals surface area contributed by atoms with Crippen LogP contribution in [0.25, 0.3) is 0 Å². The first kappa shape index (κ1) is 16.8. The summed E-state index contributed by atoms with van der Waals surface area (Å²) in [7, 11) is 0. The second-order valence-electron chi connectivity index (χ2n) is 5.39. The van der Waals surface area contributed by atoms with Crippen LogP contribution >= 0.6 is 0 Å². The Morgan fingerprint density at radius 1 is 1.40 bits per heavy atom. The summed E-state index contributed by atoms with van der Waals surface area (Å²) in [4.78, 5) is 24.9. The molecule has 20 heavy (non-hydrogen) atoms. The van der Waals surface area contributed by atoms with Crippen molar-refractivity contribution in [3.05, 3.63) is 0 Å². The van der Waals surface area contributed by atoms with Crippen molar-refractivity contribution < 1.29 is 19.8 Å². The van der Waals surface area contributed by atoms with Crippen LogP contribution in [-0.4, -0.2) is 52.3 Å². The monoisotopic (exact) mass is 286 g/mol. The van der Waals surface area contributed by atoms with Gasteiger partial charge < -0.3 is 20.4 Å². The van der Waals surface area contributed by atoms with Crippen LogP contribution in [0.4, 0.5) is 4.79 Å². The molecule has 0 radical (unpaired) electrons. The number of piperidine rings is 1. The molecule has 2 amide bonds. The Morgan fingerprint density at radius 2 is 2.15 bits per heavy atom. The van der Waals surface area contributed by atoms with Crippen LogP contribution in [0.2, 0.25) is 0 Å². The zero-order chi connectivity index (χ0) is 15.0. The molecule has 1 rings (SSSR count). The van der Waals surface area contributed by atoms with Crippen LogP contribution in [-0.2, 0) is 4.79 Å². The van der Waals surface area contributed by atoms with E-state index in [0.717, 1.165) is 25.7 Å². The highest BCUT2D eigenvalue weighted by Gasteiger charge is 2.27. The summed E-state index contributed by atoms with van der Waals surface area (Å²) in [6.45, 7) is 2.72. The maximum atomic E-state index is 12.3. The van der Waals surface area contributed by atoms with Gasteiger partial charge in [-0.1, -0.05) is 13.3 Å². The number of carboxylic acid groups (broad SMARTS) is 1. The van der Waals surface area contributed by atoms with E-state index in [1.54, 1.807) is 4.90 Å². The van der Waals surface area contributed by atoms with E-state index in [1.165, 1.54) is 0 Å². The highest BCUT2D eigenvalue weighted by molar-refractivity contribution is 5.76. The van der Waals surface area contributed by atoms with Gasteiger partial charge in [-0.2, -0.15) is 0 Å². The van der Waals surface area contributed by atoms with E-state index in [4.69, 9.17) is 10.2 Å². The largest absolute Gasteiger partial charge is 0.481 e. The molecular formula is C14H26N2O4. The molecule has 1 fully saturated rings. The Morgan fingerprint density at radius 3 is 2.75 bits per heavy atom. The van der Waals surface area contributed by atoms with Gasteiger partial charge in [-0.25, -0.2) is 4.79 Å². The number of amides is 2. The van der Waals surface area contributed by atoms with E-state index in [0.29, 0.717) is 19.4 Å². The van der Waals surface area contributed by atoms with Gasteiger partial charge in [0.1, 0.15) is 0 Å². The summed E-state index contributed by atoms with van der Waals surface area (Å²) in [6, 6.07) is -0.439. The van der Waals surface area contributed by atoms with Crippen LogP contribution in [0, 0.1) is 0 Å². The number of hydrogen-bond donors (Lipinski definition) is 3. The van der Waals surface area contributed by atoms with E-state index in [9.17, 15) is 9.59 Å². The van der Waals surface area contributed by atoms with Gasteiger partial charge in [0.15, 0.2) is 0 Å². The first-order valence-corrected chi connectivity index (χ1v) is 7.48. The number of aliphatic hydroxyl groups is 1. The average molecular weight is 286 g/mol. The number of hydrogen-bond acceptors (Lipinski definition) is 3. The van der Waals surface area contributed by atoms with Gasteiger partial charge in [-0.05, 0) is 32.1 Å². The first-order valence-electron chi connectivity index (χ1n) is 7.48. The molecule has 0 spiro atoms. The molecule has 2 atom stereocenters. The summed E-state index contributed by atoms with van der Waals surface area (Å²) in [6.07, 6.45) is 4.98. The number of urea groups is 1. The molecule has 1 aliphatic rings. The molecule has 1 aliphatic heterocycles. The fourth-order valence-corrected chi connectivity index (χ4v) is 2.76. The Balaban J connectivity index is 2.58. The van der Waals surface area contributed by atoms with Crippen LogP contribution in [0.15, 0.2) is 0 Å². The van der Waals surface area contributed by atoms with Crippen molar-refractivity contribution in [2.24, 2.45) is 0 Å². The Hall–Kier alpha value is -1.30. The lowest BCUT2D eigenvalue weighted by atomic mass is 10.00. The number of rotatable bonds is 7. The maximum absolute atomic E-state index is 12.3. The van der Waals surface area contributed by atoms with Gasteiger partial charge >= 0.3 is 12.0 Å². The lowest BCUT2D eigenvalue weighted by Crippen LogP contribution is -2.51. The molecule has 1 saturated heterocycles. The normalized spacial score (nSPS) is 20.5. The number of likely N-dealkylation sites (tertiary alicyclic amines) is 1. The fraction of sp³-hybridized carbons (Fsp3) is 0.857. The standard InChI is InChI=1S/C14H26N2O4/c1-2-5-11(10-13(18)19)15-14(20)16-8-4-3-6-12(16)7-9-17/h11-12,17H,2-10H2,1H3,(H,15,20)(H,18,19). The van der Waals surface area contributed by atoms with Gasteiger partial charge in [0.05, 0.1) is 6.42 Å². The van der Waals surface area contributed by atoms with Gasteiger partial charge in [-0.3, -0.25) is 4.79 Å². The zero-order valence-corrected chi connectivity index (χ0v) is 12.2. The van der Waals surface area contributed by atoms with Crippen molar-refractivity contribution in [2.45, 2.75) is 64.0 Å². The fourth-order valence-electron chi connectivity index (χ4n) is 2.76. The molecule has 0 bridgehead atoms. The maximum Gasteiger partial charge on any atom is 0.317 e. The van der Waals surface area contributed by atoms with Gasteiger partial charge in [-0.15, -0.1) is 0 Å². The Bertz CT molecular complexity index is 320. The van der Waals surface area contributed by atoms with Gasteiger partial charge in [0.2, 0.25) is 0 Å². The van der Waals surface area contributed by atoms with Crippen molar-refractivity contribution in [3.63, 3.8) is 0 Å². The van der Waals surface area contributed by atoms with Crippen molar-refractivity contribution in [1.29, 1.82) is 0 Å². The second kappa shape index (κ2) is 8.79. The van der Waals surface area contributed by atoms with Crippen molar-refractivity contribution in [2.75, 3.05) is 13.2 Å². The summed E-state index contributed by atoms with van der Waals surface area (Å²) in [5, 5.41) is 20.8. The predicted octanol–water partition coefficient (Wildman–Crippen LogP) is 1.58. The third-order valence-corrected chi connectivity index (χ3v) is 3.74. The summed E-state index contributed by atoms with van der Waals surface area (Å²) in [5.74, 6) is -0.894. The van der Waals surface area contributed by atoms with Crippen LogP contribution < -0.4 is 5.32 Å². The molecule has 0 aromatic heterocycles. The Kier molecular flexibility index (Phi) is 7.36. The van der Waals surface area contributed by atoms with E-state index in [-0.39, 0.29) is 31.1 Å².